The van der Waals surface area contributed by atoms with E-state index in [0.717, 1.165) is 27.8 Å². The van der Waals surface area contributed by atoms with Gasteiger partial charge in [0.1, 0.15) is 5.75 Å². The van der Waals surface area contributed by atoms with E-state index in [2.05, 4.69) is 0 Å². The Balaban J connectivity index is 1.70. The second-order valence-corrected chi connectivity index (χ2v) is 7.11. The number of benzene rings is 2. The van der Waals surface area contributed by atoms with Crippen LogP contribution in [-0.4, -0.2) is 13.2 Å². The van der Waals surface area contributed by atoms with E-state index in [1.807, 2.05) is 31.2 Å². The molecule has 1 aliphatic rings. The van der Waals surface area contributed by atoms with E-state index in [-0.39, 0.29) is 5.82 Å². The van der Waals surface area contributed by atoms with Crippen LogP contribution in [0.25, 0.3) is 20.2 Å². The van der Waals surface area contributed by atoms with Crippen LogP contribution in [0.4, 0.5) is 4.39 Å². The maximum atomic E-state index is 14.6. The molecule has 1 saturated carbocycles. The van der Waals surface area contributed by atoms with Gasteiger partial charge >= 0.3 is 0 Å². The van der Waals surface area contributed by atoms with Gasteiger partial charge in [0.25, 0.3) is 0 Å². The van der Waals surface area contributed by atoms with Crippen molar-refractivity contribution in [2.45, 2.75) is 26.2 Å². The minimum atomic E-state index is -0.262. The van der Waals surface area contributed by atoms with E-state index in [9.17, 15) is 4.39 Å². The fourth-order valence-corrected chi connectivity index (χ4v) is 4.16. The van der Waals surface area contributed by atoms with Gasteiger partial charge in [-0.1, -0.05) is 6.42 Å². The van der Waals surface area contributed by atoms with Gasteiger partial charge < -0.3 is 9.47 Å². The number of hydrogen-bond acceptors (Lipinski definition) is 3. The molecule has 23 heavy (non-hydrogen) atoms. The molecule has 4 rings (SSSR count). The largest absolute Gasteiger partial charge is 0.493 e. The zero-order valence-corrected chi connectivity index (χ0v) is 13.9. The third-order valence-corrected chi connectivity index (χ3v) is 5.69. The molecule has 120 valence electrons. The summed E-state index contributed by atoms with van der Waals surface area (Å²) < 4.78 is 27.5. The molecular weight excluding hydrogens is 311 g/mol. The Morgan fingerprint density at radius 2 is 1.96 bits per heavy atom. The molecule has 2 aromatic carbocycles. The third-order valence-electron chi connectivity index (χ3n) is 4.53. The predicted molar refractivity (Wildman–Crippen MR) is 93.3 cm³/mol. The first-order valence-electron chi connectivity index (χ1n) is 8.16. The zero-order valence-electron chi connectivity index (χ0n) is 13.1. The van der Waals surface area contributed by atoms with Crippen LogP contribution in [0.5, 0.6) is 11.5 Å². The van der Waals surface area contributed by atoms with E-state index >= 15 is 0 Å². The van der Waals surface area contributed by atoms with Crippen molar-refractivity contribution in [1.29, 1.82) is 0 Å². The number of thiophene rings is 1. The summed E-state index contributed by atoms with van der Waals surface area (Å²) in [5, 5.41) is 2.01. The Hall–Kier alpha value is -1.81. The van der Waals surface area contributed by atoms with E-state index in [0.29, 0.717) is 23.0 Å². The molecule has 0 radical (unpaired) electrons. The van der Waals surface area contributed by atoms with Crippen LogP contribution in [0.3, 0.4) is 0 Å². The monoisotopic (exact) mass is 330 g/mol. The molecule has 1 aromatic heterocycles. The van der Waals surface area contributed by atoms with Gasteiger partial charge in [-0.2, -0.15) is 0 Å². The van der Waals surface area contributed by atoms with Crippen LogP contribution in [0.15, 0.2) is 30.3 Å². The number of fused-ring (bicyclic) bond motifs is 3. The van der Waals surface area contributed by atoms with Crippen molar-refractivity contribution >= 4 is 31.5 Å². The summed E-state index contributed by atoms with van der Waals surface area (Å²) in [5.41, 5.74) is 0. The highest BCUT2D eigenvalue weighted by atomic mass is 32.1. The highest BCUT2D eigenvalue weighted by Crippen LogP contribution is 2.40. The second-order valence-electron chi connectivity index (χ2n) is 6.06. The van der Waals surface area contributed by atoms with Crippen molar-refractivity contribution in [2.24, 2.45) is 5.92 Å². The van der Waals surface area contributed by atoms with Gasteiger partial charge in [0, 0.05) is 15.5 Å². The van der Waals surface area contributed by atoms with E-state index in [4.69, 9.17) is 9.47 Å². The fraction of sp³-hybridized carbons (Fsp3) is 0.368. The molecule has 3 aromatic rings. The van der Waals surface area contributed by atoms with Crippen LogP contribution in [0.1, 0.15) is 26.2 Å². The molecule has 0 spiro atoms. The molecule has 0 saturated heterocycles. The summed E-state index contributed by atoms with van der Waals surface area (Å²) in [5.74, 6) is 1.65. The van der Waals surface area contributed by atoms with Gasteiger partial charge in [-0.3, -0.25) is 0 Å². The first-order chi connectivity index (χ1) is 11.3. The average molecular weight is 330 g/mol. The van der Waals surface area contributed by atoms with E-state index in [1.165, 1.54) is 30.6 Å². The minimum Gasteiger partial charge on any atom is -0.493 e. The highest BCUT2D eigenvalue weighted by molar-refractivity contribution is 7.25. The topological polar surface area (TPSA) is 18.5 Å². The summed E-state index contributed by atoms with van der Waals surface area (Å²) in [6.45, 7) is 3.12. The standard InChI is InChI=1S/C19H19FO2S/c1-2-21-16-9-8-15-14-7-6-13(22-11-12-4-3-5-12)10-17(14)23-19(15)18(16)20/h6-10,12H,2-5,11H2,1H3. The van der Waals surface area contributed by atoms with Crippen LogP contribution in [-0.2, 0) is 0 Å². The maximum absolute atomic E-state index is 14.6. The normalized spacial score (nSPS) is 15.0. The minimum absolute atomic E-state index is 0.262. The molecule has 2 nitrogen and oxygen atoms in total. The molecular formula is C19H19FO2S. The van der Waals surface area contributed by atoms with Crippen molar-refractivity contribution in [3.05, 3.63) is 36.1 Å². The van der Waals surface area contributed by atoms with Crippen molar-refractivity contribution in [3.8, 4) is 11.5 Å². The van der Waals surface area contributed by atoms with Crippen LogP contribution >= 0.6 is 11.3 Å². The molecule has 1 aliphatic carbocycles. The molecule has 1 fully saturated rings. The number of hydrogen-bond donors (Lipinski definition) is 0. The molecule has 0 atom stereocenters. The summed E-state index contributed by atoms with van der Waals surface area (Å²) in [4.78, 5) is 0. The van der Waals surface area contributed by atoms with Crippen LogP contribution in [0, 0.1) is 11.7 Å². The van der Waals surface area contributed by atoms with Crippen molar-refractivity contribution in [1.82, 2.24) is 0 Å². The Bertz CT molecular complexity index is 851. The predicted octanol–water partition coefficient (Wildman–Crippen LogP) is 5.77. The lowest BCUT2D eigenvalue weighted by Crippen LogP contribution is -2.19. The summed E-state index contributed by atoms with van der Waals surface area (Å²) >= 11 is 1.46. The Morgan fingerprint density at radius 3 is 2.70 bits per heavy atom. The molecule has 0 aliphatic heterocycles. The van der Waals surface area contributed by atoms with E-state index < -0.39 is 0 Å². The molecule has 0 bridgehead atoms. The highest BCUT2D eigenvalue weighted by Gasteiger charge is 2.18. The maximum Gasteiger partial charge on any atom is 0.182 e. The smallest absolute Gasteiger partial charge is 0.182 e. The Morgan fingerprint density at radius 1 is 1.13 bits per heavy atom. The summed E-state index contributed by atoms with van der Waals surface area (Å²) in [6, 6.07) is 9.70. The number of ether oxygens (including phenoxy) is 2. The summed E-state index contributed by atoms with van der Waals surface area (Å²) in [7, 11) is 0. The lowest BCUT2D eigenvalue weighted by molar-refractivity contribution is 0.181. The fourth-order valence-electron chi connectivity index (χ4n) is 3.00. The quantitative estimate of drug-likeness (QED) is 0.591. The molecule has 0 amide bonds. The van der Waals surface area contributed by atoms with Gasteiger partial charge in [-0.25, -0.2) is 4.39 Å². The first-order valence-corrected chi connectivity index (χ1v) is 8.98. The van der Waals surface area contributed by atoms with E-state index in [1.54, 1.807) is 6.07 Å². The molecule has 1 heterocycles. The zero-order chi connectivity index (χ0) is 15.8. The molecule has 0 unspecified atom stereocenters. The van der Waals surface area contributed by atoms with Gasteiger partial charge in [-0.15, -0.1) is 11.3 Å². The third kappa shape index (κ3) is 2.65. The van der Waals surface area contributed by atoms with Gasteiger partial charge in [-0.05, 0) is 56.0 Å². The van der Waals surface area contributed by atoms with Crippen LogP contribution in [0.2, 0.25) is 0 Å². The lowest BCUT2D eigenvalue weighted by atomic mass is 9.86. The number of rotatable bonds is 5. The van der Waals surface area contributed by atoms with Crippen molar-refractivity contribution < 1.29 is 13.9 Å². The second kappa shape index (κ2) is 6.00. The van der Waals surface area contributed by atoms with Crippen molar-refractivity contribution in [3.63, 3.8) is 0 Å². The number of halogens is 1. The molecule has 0 N–H and O–H groups in total. The lowest BCUT2D eigenvalue weighted by Gasteiger charge is -2.25. The average Bonchev–Trinajstić information content (AvgIpc) is 2.87. The Labute approximate surface area is 138 Å². The molecule has 4 heteroatoms. The van der Waals surface area contributed by atoms with Gasteiger partial charge in [0.05, 0.1) is 17.9 Å². The van der Waals surface area contributed by atoms with Gasteiger partial charge in [0.2, 0.25) is 0 Å². The SMILES string of the molecule is CCOc1ccc2c(sc3cc(OCC4CCC4)ccc32)c1F. The summed E-state index contributed by atoms with van der Waals surface area (Å²) in [6.07, 6.45) is 3.87. The Kier molecular flexibility index (Phi) is 3.85. The van der Waals surface area contributed by atoms with Crippen molar-refractivity contribution in [2.75, 3.05) is 13.2 Å². The van der Waals surface area contributed by atoms with Gasteiger partial charge in [0.15, 0.2) is 11.6 Å². The van der Waals surface area contributed by atoms with Crippen LogP contribution < -0.4 is 9.47 Å². The first kappa shape index (κ1) is 14.8.